The quantitative estimate of drug-likeness (QED) is 0.665. The Kier molecular flexibility index (Phi) is 4.33. The van der Waals surface area contributed by atoms with Gasteiger partial charge in [-0.2, -0.15) is 0 Å². The summed E-state index contributed by atoms with van der Waals surface area (Å²) < 4.78 is 5.07. The first-order chi connectivity index (χ1) is 8.83. The fourth-order valence-electron chi connectivity index (χ4n) is 1.77. The molecule has 1 aromatic heterocycles. The van der Waals surface area contributed by atoms with Crippen molar-refractivity contribution in [1.29, 1.82) is 0 Å². The smallest absolute Gasteiger partial charge is 0.253 e. The van der Waals surface area contributed by atoms with Crippen molar-refractivity contribution in [3.8, 4) is 0 Å². The first kappa shape index (κ1) is 12.6. The first-order valence-electron chi connectivity index (χ1n) is 5.86. The second-order valence-electron chi connectivity index (χ2n) is 3.84. The topological polar surface area (TPSA) is 74.3 Å². The van der Waals surface area contributed by atoms with Crippen molar-refractivity contribution < 1.29 is 14.6 Å². The molecule has 2 rings (SSSR count). The molecule has 1 heterocycles. The molecule has 0 aliphatic rings. The largest absolute Gasteiger partial charge is 0.394 e. The number of hydrogen-bond acceptors (Lipinski definition) is 3. The molecule has 0 bridgehead atoms. The predicted octanol–water partition coefficient (Wildman–Crippen LogP) is 0.907. The van der Waals surface area contributed by atoms with E-state index in [9.17, 15) is 4.79 Å². The number of ether oxygens (including phenoxy) is 1. The minimum absolute atomic E-state index is 0.00424. The van der Waals surface area contributed by atoms with E-state index in [-0.39, 0.29) is 12.5 Å². The highest BCUT2D eigenvalue weighted by molar-refractivity contribution is 6.05. The lowest BCUT2D eigenvalue weighted by Gasteiger charge is -2.06. The Morgan fingerprint density at radius 3 is 3.06 bits per heavy atom. The van der Waals surface area contributed by atoms with Crippen LogP contribution in [0.3, 0.4) is 0 Å². The molecule has 1 aromatic carbocycles. The average molecular weight is 248 g/mol. The van der Waals surface area contributed by atoms with Gasteiger partial charge in [-0.15, -0.1) is 0 Å². The Bertz CT molecular complexity index is 522. The van der Waals surface area contributed by atoms with Crippen LogP contribution >= 0.6 is 0 Å². The lowest BCUT2D eigenvalue weighted by molar-refractivity contribution is 0.0839. The third-order valence-corrected chi connectivity index (χ3v) is 2.60. The van der Waals surface area contributed by atoms with E-state index in [1.54, 1.807) is 6.07 Å². The maximum absolute atomic E-state index is 12.0. The number of aromatic amines is 1. The second kappa shape index (κ2) is 6.18. The van der Waals surface area contributed by atoms with Crippen LogP contribution < -0.4 is 5.32 Å². The number of carbonyl (C=O) groups is 1. The van der Waals surface area contributed by atoms with E-state index in [1.807, 2.05) is 24.4 Å². The van der Waals surface area contributed by atoms with Crippen LogP contribution in [0.4, 0.5) is 0 Å². The van der Waals surface area contributed by atoms with Gasteiger partial charge >= 0.3 is 0 Å². The summed E-state index contributed by atoms with van der Waals surface area (Å²) in [6.45, 7) is 1.11. The summed E-state index contributed by atoms with van der Waals surface area (Å²) in [5, 5.41) is 12.3. The minimum atomic E-state index is -0.129. The van der Waals surface area contributed by atoms with Gasteiger partial charge in [-0.1, -0.05) is 12.1 Å². The van der Waals surface area contributed by atoms with Crippen LogP contribution in [0.15, 0.2) is 30.5 Å². The SMILES string of the molecule is O=C(NCCOCCO)c1cccc2cc[nH]c12. The van der Waals surface area contributed by atoms with Crippen LogP contribution in [-0.4, -0.2) is 42.4 Å². The molecule has 5 nitrogen and oxygen atoms in total. The van der Waals surface area contributed by atoms with Crippen molar-refractivity contribution in [2.45, 2.75) is 0 Å². The van der Waals surface area contributed by atoms with Gasteiger partial charge in [0.05, 0.1) is 30.9 Å². The zero-order valence-corrected chi connectivity index (χ0v) is 9.98. The van der Waals surface area contributed by atoms with Crippen LogP contribution in [0.2, 0.25) is 0 Å². The normalized spacial score (nSPS) is 10.7. The number of nitrogens with one attached hydrogen (secondary N) is 2. The lowest BCUT2D eigenvalue weighted by atomic mass is 10.1. The van der Waals surface area contributed by atoms with Crippen molar-refractivity contribution >= 4 is 16.8 Å². The Balaban J connectivity index is 1.94. The summed E-state index contributed by atoms with van der Waals surface area (Å²) in [7, 11) is 0. The Morgan fingerprint density at radius 2 is 2.22 bits per heavy atom. The van der Waals surface area contributed by atoms with E-state index in [0.29, 0.717) is 25.3 Å². The number of aliphatic hydroxyl groups excluding tert-OH is 1. The number of carbonyl (C=O) groups excluding carboxylic acids is 1. The van der Waals surface area contributed by atoms with Gasteiger partial charge in [0.15, 0.2) is 0 Å². The monoisotopic (exact) mass is 248 g/mol. The molecular formula is C13H16N2O3. The zero-order valence-electron chi connectivity index (χ0n) is 9.98. The molecule has 96 valence electrons. The van der Waals surface area contributed by atoms with E-state index in [0.717, 1.165) is 10.9 Å². The number of para-hydroxylation sites is 1. The molecule has 1 amide bonds. The molecule has 0 saturated carbocycles. The van der Waals surface area contributed by atoms with Crippen molar-refractivity contribution in [2.75, 3.05) is 26.4 Å². The molecule has 5 heteroatoms. The highest BCUT2D eigenvalue weighted by atomic mass is 16.5. The number of amides is 1. The summed E-state index contributed by atoms with van der Waals surface area (Å²) in [5.41, 5.74) is 1.46. The van der Waals surface area contributed by atoms with Crippen LogP contribution in [0, 0.1) is 0 Å². The molecule has 0 saturated heterocycles. The van der Waals surface area contributed by atoms with Gasteiger partial charge in [0.2, 0.25) is 0 Å². The number of fused-ring (bicyclic) bond motifs is 1. The molecule has 3 N–H and O–H groups in total. The third kappa shape index (κ3) is 2.88. The molecule has 18 heavy (non-hydrogen) atoms. The molecule has 0 aliphatic heterocycles. The van der Waals surface area contributed by atoms with Crippen LogP contribution in [0.5, 0.6) is 0 Å². The number of hydrogen-bond donors (Lipinski definition) is 3. The van der Waals surface area contributed by atoms with Crippen molar-refractivity contribution in [2.24, 2.45) is 0 Å². The first-order valence-corrected chi connectivity index (χ1v) is 5.86. The molecule has 2 aromatic rings. The molecule has 0 unspecified atom stereocenters. The number of aromatic nitrogens is 1. The Hall–Kier alpha value is -1.85. The van der Waals surface area contributed by atoms with E-state index >= 15 is 0 Å². The number of rotatable bonds is 6. The Labute approximate surface area is 105 Å². The van der Waals surface area contributed by atoms with Gasteiger partial charge in [0, 0.05) is 18.1 Å². The number of aliphatic hydroxyl groups is 1. The van der Waals surface area contributed by atoms with Gasteiger partial charge in [0.25, 0.3) is 5.91 Å². The standard InChI is InChI=1S/C13H16N2O3/c16-7-9-18-8-6-15-13(17)11-3-1-2-10-4-5-14-12(10)11/h1-5,14,16H,6-9H2,(H,15,17). The lowest BCUT2D eigenvalue weighted by Crippen LogP contribution is -2.27. The molecule has 0 atom stereocenters. The fraction of sp³-hybridized carbons (Fsp3) is 0.308. The summed E-state index contributed by atoms with van der Waals surface area (Å²) in [5.74, 6) is -0.129. The van der Waals surface area contributed by atoms with Crippen LogP contribution in [-0.2, 0) is 4.74 Å². The van der Waals surface area contributed by atoms with Crippen molar-refractivity contribution in [1.82, 2.24) is 10.3 Å². The number of benzene rings is 1. The zero-order chi connectivity index (χ0) is 12.8. The van der Waals surface area contributed by atoms with Crippen molar-refractivity contribution in [3.05, 3.63) is 36.0 Å². The summed E-state index contributed by atoms with van der Waals surface area (Å²) >= 11 is 0. The summed E-state index contributed by atoms with van der Waals surface area (Å²) in [6.07, 6.45) is 1.81. The van der Waals surface area contributed by atoms with Crippen LogP contribution in [0.1, 0.15) is 10.4 Å². The van der Waals surface area contributed by atoms with Gasteiger partial charge in [0.1, 0.15) is 0 Å². The fourth-order valence-corrected chi connectivity index (χ4v) is 1.77. The van der Waals surface area contributed by atoms with E-state index in [1.165, 1.54) is 0 Å². The van der Waals surface area contributed by atoms with Gasteiger partial charge in [-0.25, -0.2) is 0 Å². The third-order valence-electron chi connectivity index (χ3n) is 2.60. The molecule has 0 spiro atoms. The summed E-state index contributed by atoms with van der Waals surface area (Å²) in [6, 6.07) is 7.51. The molecule has 0 aliphatic carbocycles. The van der Waals surface area contributed by atoms with E-state index in [4.69, 9.17) is 9.84 Å². The predicted molar refractivity (Wildman–Crippen MR) is 68.5 cm³/mol. The van der Waals surface area contributed by atoms with Gasteiger partial charge in [-0.3, -0.25) is 4.79 Å². The van der Waals surface area contributed by atoms with Crippen LogP contribution in [0.25, 0.3) is 10.9 Å². The maximum atomic E-state index is 12.0. The van der Waals surface area contributed by atoms with Gasteiger partial charge < -0.3 is 20.1 Å². The van der Waals surface area contributed by atoms with Gasteiger partial charge in [-0.05, 0) is 12.1 Å². The maximum Gasteiger partial charge on any atom is 0.253 e. The summed E-state index contributed by atoms with van der Waals surface area (Å²) in [4.78, 5) is 15.0. The molecule has 0 radical (unpaired) electrons. The van der Waals surface area contributed by atoms with Crippen molar-refractivity contribution in [3.63, 3.8) is 0 Å². The van der Waals surface area contributed by atoms with E-state index in [2.05, 4.69) is 10.3 Å². The highest BCUT2D eigenvalue weighted by Crippen LogP contribution is 2.16. The molecular weight excluding hydrogens is 232 g/mol. The Morgan fingerprint density at radius 1 is 1.33 bits per heavy atom. The van der Waals surface area contributed by atoms with E-state index < -0.39 is 0 Å². The second-order valence-corrected chi connectivity index (χ2v) is 3.84. The molecule has 0 fully saturated rings. The highest BCUT2D eigenvalue weighted by Gasteiger charge is 2.09. The number of H-pyrrole nitrogens is 1. The average Bonchev–Trinajstić information content (AvgIpc) is 2.86. The minimum Gasteiger partial charge on any atom is -0.394 e.